The van der Waals surface area contributed by atoms with Crippen LogP contribution in [0.5, 0.6) is 0 Å². The van der Waals surface area contributed by atoms with E-state index in [0.29, 0.717) is 42.7 Å². The summed E-state index contributed by atoms with van der Waals surface area (Å²) < 4.78 is 56.5. The van der Waals surface area contributed by atoms with Gasteiger partial charge in [-0.3, -0.25) is 9.59 Å². The molecule has 0 amide bonds. The summed E-state index contributed by atoms with van der Waals surface area (Å²) in [5.41, 5.74) is 4.29. The van der Waals surface area contributed by atoms with Crippen molar-refractivity contribution >= 4 is 77.7 Å². The van der Waals surface area contributed by atoms with Crippen LogP contribution in [0.25, 0.3) is 32.6 Å². The van der Waals surface area contributed by atoms with Crippen molar-refractivity contribution in [1.82, 2.24) is 0 Å². The van der Waals surface area contributed by atoms with E-state index in [1.54, 1.807) is 30.6 Å². The first-order chi connectivity index (χ1) is 29.1. The highest BCUT2D eigenvalue weighted by Crippen LogP contribution is 2.40. The minimum Gasteiger partial charge on any atom is -0.457 e. The van der Waals surface area contributed by atoms with Gasteiger partial charge >= 0.3 is 27.4 Å². The van der Waals surface area contributed by atoms with Crippen molar-refractivity contribution in [2.45, 2.75) is 119 Å². The van der Waals surface area contributed by atoms with E-state index in [4.69, 9.17) is 33.0 Å². The van der Waals surface area contributed by atoms with Crippen molar-refractivity contribution in [3.05, 3.63) is 103 Å². The summed E-state index contributed by atoms with van der Waals surface area (Å²) in [5, 5.41) is 12.8. The highest BCUT2D eigenvalue weighted by Gasteiger charge is 2.51. The number of carbonyl (C=O) groups is 2. The second-order valence-corrected chi connectivity index (χ2v) is 20.6. The smallest absolute Gasteiger partial charge is 0.457 e. The normalized spacial score (nSPS) is 18.1. The third-order valence-corrected chi connectivity index (χ3v) is 15.2. The first-order valence-electron chi connectivity index (χ1n) is 20.0. The zero-order valence-corrected chi connectivity index (χ0v) is 37.5. The molecule has 0 aliphatic carbocycles. The van der Waals surface area contributed by atoms with Crippen molar-refractivity contribution in [1.29, 1.82) is 0 Å². The van der Waals surface area contributed by atoms with Crippen molar-refractivity contribution in [2.24, 2.45) is 0 Å². The maximum absolute atomic E-state index is 12.3. The van der Waals surface area contributed by atoms with E-state index in [1.165, 1.54) is 11.1 Å². The lowest BCUT2D eigenvalue weighted by Crippen LogP contribution is -2.36. The second kappa shape index (κ2) is 30.7. The number of methoxy groups -OCH3 is 1. The molecule has 2 fully saturated rings. The molecule has 0 bridgehead atoms. The van der Waals surface area contributed by atoms with E-state index in [0.717, 1.165) is 38.9 Å². The first-order valence-corrected chi connectivity index (χ1v) is 24.7. The number of hydrogen-bond donors (Lipinski definition) is 1. The van der Waals surface area contributed by atoms with Crippen LogP contribution in [0.1, 0.15) is 91.1 Å². The number of hydrogen-bond acceptors (Lipinski definition) is 13. The van der Waals surface area contributed by atoms with Crippen LogP contribution in [0.15, 0.2) is 101 Å². The number of rotatable bonds is 14. The molecule has 3 aliphatic heterocycles. The van der Waals surface area contributed by atoms with Gasteiger partial charge in [0, 0.05) is 53.8 Å². The zero-order chi connectivity index (χ0) is 42.5. The number of aliphatic hydroxyl groups is 1. The van der Waals surface area contributed by atoms with Crippen LogP contribution < -0.4 is 5.30 Å². The summed E-state index contributed by atoms with van der Waals surface area (Å²) >= 11 is 3.26. The predicted molar refractivity (Wildman–Crippen MR) is 282 cm³/mol. The summed E-state index contributed by atoms with van der Waals surface area (Å²) in [6, 6.07) is 31.5. The Hall–Kier alpha value is -3.64. The Morgan fingerprint density at radius 1 is 0.742 bits per heavy atom. The van der Waals surface area contributed by atoms with E-state index >= 15 is 0 Å². The number of ether oxygens (including phenoxy) is 5. The van der Waals surface area contributed by atoms with Crippen LogP contribution >= 0.6 is 39.0 Å². The summed E-state index contributed by atoms with van der Waals surface area (Å²) in [6.07, 6.45) is 0.947. The molecule has 0 radical (unpaired) electrons. The van der Waals surface area contributed by atoms with Gasteiger partial charge in [0.05, 0.1) is 25.8 Å². The molecule has 3 aliphatic rings. The second-order valence-electron chi connectivity index (χ2n) is 15.0. The molecule has 8 rings (SSSR count). The fourth-order valence-electron chi connectivity index (χ4n) is 7.19. The lowest BCUT2D eigenvalue weighted by atomic mass is 10.0. The number of carbonyl (C=O) groups excluding carboxylic acids is 2. The maximum atomic E-state index is 12.3. The van der Waals surface area contributed by atoms with Crippen LogP contribution in [0.2, 0.25) is 0 Å². The molecule has 2 saturated heterocycles. The highest BCUT2D eigenvalue weighted by molar-refractivity contribution is 8.00. The zero-order valence-electron chi connectivity index (χ0n) is 34.1. The fraction of sp³-hybridized carbons (Fsp3) is 0.490. The number of thioether (sulfide) groups is 2. The molecule has 4 heterocycles. The summed E-state index contributed by atoms with van der Waals surface area (Å²) in [5.74, 6) is 1.53. The first kappa shape index (κ1) is 62.4. The Morgan fingerprint density at radius 2 is 1.30 bits per heavy atom. The third kappa shape index (κ3) is 16.8. The average molecular weight is 993 g/mol. The van der Waals surface area contributed by atoms with Crippen LogP contribution in [0, 0.1) is 0 Å². The van der Waals surface area contributed by atoms with Gasteiger partial charge in [0.15, 0.2) is 29.3 Å². The lowest BCUT2D eigenvalue weighted by Gasteiger charge is -2.24. The Kier molecular flexibility index (Phi) is 29.0. The maximum Gasteiger partial charge on any atom is 0.597 e. The topological polar surface area (TPSA) is 148 Å². The molecule has 4 unspecified atom stereocenters. The number of aliphatic hydroxyl groups excluding tert-OH is 1. The quantitative estimate of drug-likeness (QED) is 0.0370. The van der Waals surface area contributed by atoms with Crippen LogP contribution in [-0.2, 0) is 48.6 Å². The Bertz CT molecular complexity index is 2310. The molecule has 15 heteroatoms. The molecule has 368 valence electrons. The summed E-state index contributed by atoms with van der Waals surface area (Å²) in [7, 11) is -1.35. The van der Waals surface area contributed by atoms with Gasteiger partial charge in [-0.1, -0.05) is 130 Å². The molecule has 1 N–H and O–H groups in total. The molecule has 5 aromatic rings. The van der Waals surface area contributed by atoms with Crippen LogP contribution in [0.4, 0.5) is 0 Å². The van der Waals surface area contributed by atoms with E-state index in [1.807, 2.05) is 92.7 Å². The van der Waals surface area contributed by atoms with E-state index in [2.05, 4.69) is 18.2 Å². The monoisotopic (exact) mass is 992 g/mol. The number of benzene rings is 4. The van der Waals surface area contributed by atoms with Crippen molar-refractivity contribution in [3.8, 4) is 11.1 Å². The van der Waals surface area contributed by atoms with Gasteiger partial charge in [-0.2, -0.15) is 11.8 Å². The standard InChI is InChI=1S/C20H34O8S2.C13H10OP.C12H8O2P.6CH4.H2/c1-20(2,30-10-8-21)7-6-17(23)28-15-12-26-18-14(11-25-19(15)18)27-16(22)5-4-9-29-13-24-3;14-15-9-10-5-1-2-6-11(10)12-7-3-4-8-13(12)15;13-15-12-8-4-2-6-10(12)9-5-1-3-7-11(9)14-15;;;;;;;/h14-15,18-19,21H,4-13H2,1-3H3;1-8H,9H2;1-8H;6*1H4;1H/q;2*+1;;;;;;;/t14-,15+,18?,19?;;;;;;;;;/m0........./s1. The average Bonchev–Trinajstić information content (AvgIpc) is 3.85. The van der Waals surface area contributed by atoms with Gasteiger partial charge in [-0.15, -0.1) is 11.8 Å². The van der Waals surface area contributed by atoms with E-state index in [-0.39, 0.29) is 82.5 Å². The van der Waals surface area contributed by atoms with Crippen molar-refractivity contribution in [3.63, 3.8) is 0 Å². The Balaban J connectivity index is 0. The minimum atomic E-state index is -1.74. The van der Waals surface area contributed by atoms with Crippen LogP contribution in [0.3, 0.4) is 0 Å². The van der Waals surface area contributed by atoms with E-state index in [9.17, 15) is 18.7 Å². The molecule has 0 spiro atoms. The minimum absolute atomic E-state index is 0. The predicted octanol–water partition coefficient (Wildman–Crippen LogP) is 13.7. The molecule has 4 aromatic carbocycles. The Labute approximate surface area is 406 Å². The molecular formula is C51H78O11P2S2+2. The fourth-order valence-corrected chi connectivity index (χ4v) is 11.2. The molecular weight excluding hydrogens is 915 g/mol. The molecule has 1 aromatic heterocycles. The third-order valence-electron chi connectivity index (χ3n) is 10.2. The largest absolute Gasteiger partial charge is 0.597 e. The van der Waals surface area contributed by atoms with Gasteiger partial charge in [0.1, 0.15) is 12.2 Å². The molecule has 6 atom stereocenters. The molecule has 66 heavy (non-hydrogen) atoms. The van der Waals surface area contributed by atoms with Crippen molar-refractivity contribution in [2.75, 3.05) is 44.4 Å². The van der Waals surface area contributed by atoms with Gasteiger partial charge < -0.3 is 28.8 Å². The van der Waals surface area contributed by atoms with E-state index < -0.39 is 39.9 Å². The number of fused-ring (bicyclic) bond motifs is 7. The SMILES string of the molecule is C.C.C.C.C.C.COCSCCCC(=O)O[C@H]1COC2C1OC[C@H]2OC(=O)CCC(C)(C)SCCO.O=[P+]1Cc2ccccc2-c2ccccc21.O=[p+]1oc2ccccc2c2ccccc21.[HH]. The summed E-state index contributed by atoms with van der Waals surface area (Å²) in [6.45, 7) is 4.70. The Morgan fingerprint density at radius 3 is 1.95 bits per heavy atom. The number of para-hydroxylation sites is 1. The van der Waals surface area contributed by atoms with Crippen LogP contribution in [-0.4, -0.2) is 90.6 Å². The molecule has 0 saturated carbocycles. The van der Waals surface area contributed by atoms with Crippen molar-refractivity contribution < 1.29 is 53.1 Å². The molecule has 11 nitrogen and oxygen atoms in total. The van der Waals surface area contributed by atoms with Gasteiger partial charge in [-0.25, -0.2) is 4.20 Å². The number of esters is 2. The van der Waals surface area contributed by atoms with Gasteiger partial charge in [0.25, 0.3) is 0 Å². The van der Waals surface area contributed by atoms with Gasteiger partial charge in [-0.05, 0) is 59.1 Å². The summed E-state index contributed by atoms with van der Waals surface area (Å²) in [4.78, 5) is 24.3. The highest BCUT2D eigenvalue weighted by atomic mass is 32.2. The van der Waals surface area contributed by atoms with Gasteiger partial charge in [0.2, 0.25) is 5.12 Å². The lowest BCUT2D eigenvalue weighted by molar-refractivity contribution is -0.155.